The van der Waals surface area contributed by atoms with Gasteiger partial charge in [0.1, 0.15) is 5.82 Å². The third-order valence-corrected chi connectivity index (χ3v) is 2.21. The summed E-state index contributed by atoms with van der Waals surface area (Å²) in [5.74, 6) is 0.814. The van der Waals surface area contributed by atoms with Gasteiger partial charge in [-0.1, -0.05) is 0 Å². The first-order valence-corrected chi connectivity index (χ1v) is 5.78. The maximum atomic E-state index is 11.7. The molecule has 94 valence electrons. The number of nitrogens with one attached hydrogen (secondary N) is 2. The van der Waals surface area contributed by atoms with Gasteiger partial charge in [-0.3, -0.25) is 4.90 Å². The van der Waals surface area contributed by atoms with Gasteiger partial charge in [0, 0.05) is 19.6 Å². The van der Waals surface area contributed by atoms with Crippen LogP contribution in [0.15, 0.2) is 18.3 Å². The first kappa shape index (κ1) is 13.3. The second-order valence-corrected chi connectivity index (χ2v) is 4.10. The summed E-state index contributed by atoms with van der Waals surface area (Å²) in [7, 11) is 1.72. The third kappa shape index (κ3) is 3.94. The molecule has 1 aromatic heterocycles. The van der Waals surface area contributed by atoms with Crippen molar-refractivity contribution < 1.29 is 4.79 Å². The smallest absolute Gasteiger partial charge is 0.321 e. The lowest BCUT2D eigenvalue weighted by atomic mass is 10.3. The number of urea groups is 1. The molecule has 0 atom stereocenters. The molecule has 0 bridgehead atoms. The fourth-order valence-electron chi connectivity index (χ4n) is 1.33. The van der Waals surface area contributed by atoms with Crippen LogP contribution in [0.1, 0.15) is 20.8 Å². The summed E-state index contributed by atoms with van der Waals surface area (Å²) in [5, 5.41) is 5.93. The summed E-state index contributed by atoms with van der Waals surface area (Å²) in [4.78, 5) is 17.5. The first-order chi connectivity index (χ1) is 8.04. The van der Waals surface area contributed by atoms with Crippen LogP contribution in [-0.2, 0) is 0 Å². The number of rotatable bonds is 4. The average molecular weight is 236 g/mol. The van der Waals surface area contributed by atoms with Crippen molar-refractivity contribution in [3.63, 3.8) is 0 Å². The van der Waals surface area contributed by atoms with Crippen LogP contribution in [0.5, 0.6) is 0 Å². The maximum absolute atomic E-state index is 11.7. The van der Waals surface area contributed by atoms with Gasteiger partial charge in [0.15, 0.2) is 0 Å². The van der Waals surface area contributed by atoms with E-state index in [1.54, 1.807) is 18.1 Å². The van der Waals surface area contributed by atoms with E-state index in [2.05, 4.69) is 15.6 Å². The molecule has 0 spiro atoms. The van der Waals surface area contributed by atoms with Crippen LogP contribution in [0.25, 0.3) is 0 Å². The molecule has 0 saturated heterocycles. The maximum Gasteiger partial charge on any atom is 0.321 e. The van der Waals surface area contributed by atoms with Crippen LogP contribution in [-0.4, -0.2) is 30.6 Å². The van der Waals surface area contributed by atoms with E-state index in [1.165, 1.54) is 0 Å². The Hall–Kier alpha value is -1.78. The number of carbonyl (C=O) groups excluding carboxylic acids is 1. The Morgan fingerprint density at radius 3 is 2.65 bits per heavy atom. The number of amides is 2. The summed E-state index contributed by atoms with van der Waals surface area (Å²) < 4.78 is 0. The lowest BCUT2D eigenvalue weighted by molar-refractivity contribution is 0.245. The standard InChI is InChI=1S/C12H20N4O/c1-5-13-11-7-6-10(8-14-11)16(4)12(17)15-9(2)3/h6-9H,5H2,1-4H3,(H,13,14)(H,15,17). The SMILES string of the molecule is CCNc1ccc(N(C)C(=O)NC(C)C)cn1. The number of hydrogen-bond donors (Lipinski definition) is 2. The molecule has 0 aromatic carbocycles. The highest BCUT2D eigenvalue weighted by Crippen LogP contribution is 2.13. The second-order valence-electron chi connectivity index (χ2n) is 4.10. The summed E-state index contributed by atoms with van der Waals surface area (Å²) in [6.07, 6.45) is 1.68. The zero-order chi connectivity index (χ0) is 12.8. The van der Waals surface area contributed by atoms with E-state index in [-0.39, 0.29) is 12.1 Å². The van der Waals surface area contributed by atoms with Crippen LogP contribution in [0.2, 0.25) is 0 Å². The lowest BCUT2D eigenvalue weighted by Crippen LogP contribution is -2.40. The molecule has 0 saturated carbocycles. The largest absolute Gasteiger partial charge is 0.370 e. The molecule has 1 aromatic rings. The van der Waals surface area contributed by atoms with Gasteiger partial charge in [0.25, 0.3) is 0 Å². The molecule has 0 radical (unpaired) electrons. The van der Waals surface area contributed by atoms with Crippen LogP contribution >= 0.6 is 0 Å². The van der Waals surface area contributed by atoms with Crippen molar-refractivity contribution in [3.05, 3.63) is 18.3 Å². The Kier molecular flexibility index (Phi) is 4.75. The van der Waals surface area contributed by atoms with E-state index in [1.807, 2.05) is 32.9 Å². The van der Waals surface area contributed by atoms with Crippen molar-refractivity contribution in [3.8, 4) is 0 Å². The van der Waals surface area contributed by atoms with Gasteiger partial charge < -0.3 is 10.6 Å². The molecular formula is C12H20N4O. The second kappa shape index (κ2) is 6.08. The molecule has 2 amide bonds. The Balaban J connectivity index is 2.68. The van der Waals surface area contributed by atoms with Gasteiger partial charge in [0.05, 0.1) is 11.9 Å². The van der Waals surface area contributed by atoms with Crippen LogP contribution < -0.4 is 15.5 Å². The van der Waals surface area contributed by atoms with Crippen molar-refractivity contribution >= 4 is 17.5 Å². The minimum Gasteiger partial charge on any atom is -0.370 e. The Labute approximate surface area is 102 Å². The Morgan fingerprint density at radius 2 is 2.18 bits per heavy atom. The van der Waals surface area contributed by atoms with Crippen molar-refractivity contribution in [2.24, 2.45) is 0 Å². The molecule has 5 heteroatoms. The van der Waals surface area contributed by atoms with Crippen molar-refractivity contribution in [1.82, 2.24) is 10.3 Å². The fraction of sp³-hybridized carbons (Fsp3) is 0.500. The van der Waals surface area contributed by atoms with Crippen molar-refractivity contribution in [2.45, 2.75) is 26.8 Å². The minimum absolute atomic E-state index is 0.124. The van der Waals surface area contributed by atoms with Gasteiger partial charge in [-0.15, -0.1) is 0 Å². The molecule has 0 aliphatic carbocycles. The molecule has 0 aliphatic rings. The van der Waals surface area contributed by atoms with E-state index >= 15 is 0 Å². The Morgan fingerprint density at radius 1 is 1.47 bits per heavy atom. The van der Waals surface area contributed by atoms with Gasteiger partial charge >= 0.3 is 6.03 Å². The topological polar surface area (TPSA) is 57.3 Å². The normalized spacial score (nSPS) is 10.2. The molecule has 2 N–H and O–H groups in total. The summed E-state index contributed by atoms with van der Waals surface area (Å²) in [5.41, 5.74) is 0.768. The van der Waals surface area contributed by atoms with E-state index in [0.29, 0.717) is 0 Å². The molecule has 0 fully saturated rings. The third-order valence-electron chi connectivity index (χ3n) is 2.21. The molecule has 0 unspecified atom stereocenters. The molecule has 17 heavy (non-hydrogen) atoms. The number of aromatic nitrogens is 1. The van der Waals surface area contributed by atoms with E-state index in [9.17, 15) is 4.79 Å². The number of pyridine rings is 1. The highest BCUT2D eigenvalue weighted by molar-refractivity contribution is 5.91. The predicted molar refractivity (Wildman–Crippen MR) is 70.5 cm³/mol. The fourth-order valence-corrected chi connectivity index (χ4v) is 1.33. The van der Waals surface area contributed by atoms with E-state index in [0.717, 1.165) is 18.1 Å². The molecule has 0 aliphatic heterocycles. The van der Waals surface area contributed by atoms with E-state index in [4.69, 9.17) is 0 Å². The quantitative estimate of drug-likeness (QED) is 0.841. The Bertz CT molecular complexity index is 361. The summed E-state index contributed by atoms with van der Waals surface area (Å²) >= 11 is 0. The van der Waals surface area contributed by atoms with Gasteiger partial charge in [-0.25, -0.2) is 9.78 Å². The highest BCUT2D eigenvalue weighted by atomic mass is 16.2. The van der Waals surface area contributed by atoms with Gasteiger partial charge in [-0.2, -0.15) is 0 Å². The minimum atomic E-state index is -0.127. The van der Waals surface area contributed by atoms with Crippen molar-refractivity contribution in [2.75, 3.05) is 23.8 Å². The first-order valence-electron chi connectivity index (χ1n) is 5.78. The van der Waals surface area contributed by atoms with Crippen LogP contribution in [0, 0.1) is 0 Å². The lowest BCUT2D eigenvalue weighted by Gasteiger charge is -2.19. The molecule has 1 heterocycles. The van der Waals surface area contributed by atoms with Gasteiger partial charge in [0.2, 0.25) is 0 Å². The summed E-state index contributed by atoms with van der Waals surface area (Å²) in [6, 6.07) is 3.72. The summed E-state index contributed by atoms with van der Waals surface area (Å²) in [6.45, 7) is 6.70. The average Bonchev–Trinajstić information content (AvgIpc) is 2.28. The number of nitrogens with zero attached hydrogens (tertiary/aromatic N) is 2. The van der Waals surface area contributed by atoms with Crippen molar-refractivity contribution in [1.29, 1.82) is 0 Å². The molecular weight excluding hydrogens is 216 g/mol. The molecule has 1 rings (SSSR count). The van der Waals surface area contributed by atoms with Gasteiger partial charge in [-0.05, 0) is 32.9 Å². The monoisotopic (exact) mass is 236 g/mol. The predicted octanol–water partition coefficient (Wildman–Crippen LogP) is 2.07. The number of hydrogen-bond acceptors (Lipinski definition) is 3. The zero-order valence-electron chi connectivity index (χ0n) is 10.8. The number of anilines is 2. The van der Waals surface area contributed by atoms with Crippen LogP contribution in [0.3, 0.4) is 0 Å². The highest BCUT2D eigenvalue weighted by Gasteiger charge is 2.11. The number of carbonyl (C=O) groups is 1. The zero-order valence-corrected chi connectivity index (χ0v) is 10.8. The van der Waals surface area contributed by atoms with Crippen LogP contribution in [0.4, 0.5) is 16.3 Å². The van der Waals surface area contributed by atoms with E-state index < -0.39 is 0 Å². The molecule has 5 nitrogen and oxygen atoms in total.